The third-order valence-corrected chi connectivity index (χ3v) is 3.09. The molecule has 0 fully saturated rings. The van der Waals surface area contributed by atoms with E-state index in [1.54, 1.807) is 20.4 Å². The van der Waals surface area contributed by atoms with Crippen molar-refractivity contribution in [1.29, 1.82) is 0 Å². The number of ether oxygens (including phenoxy) is 2. The summed E-state index contributed by atoms with van der Waals surface area (Å²) in [4.78, 5) is 8.61. The van der Waals surface area contributed by atoms with Crippen LogP contribution in [0.5, 0.6) is 11.5 Å². The summed E-state index contributed by atoms with van der Waals surface area (Å²) in [7, 11) is 5.18. The zero-order valence-electron chi connectivity index (χ0n) is 12.2. The lowest BCUT2D eigenvalue weighted by molar-refractivity contribution is 0.392. The van der Waals surface area contributed by atoms with Crippen LogP contribution < -0.4 is 14.8 Å². The smallest absolute Gasteiger partial charge is 0.125 e. The summed E-state index contributed by atoms with van der Waals surface area (Å²) >= 11 is 0. The number of aromatic nitrogens is 2. The van der Waals surface area contributed by atoms with Crippen molar-refractivity contribution in [2.24, 2.45) is 0 Å². The molecule has 0 amide bonds. The molecule has 1 aromatic heterocycles. The number of benzene rings is 1. The third kappa shape index (κ3) is 3.05. The Hall–Kier alpha value is -2.14. The molecule has 1 aromatic carbocycles. The molecule has 0 aliphatic rings. The molecule has 0 spiro atoms. The van der Waals surface area contributed by atoms with Crippen LogP contribution in [0.4, 0.5) is 0 Å². The molecular weight excluding hydrogens is 254 g/mol. The number of methoxy groups -OCH3 is 2. The molecule has 1 atom stereocenters. The number of nitrogens with one attached hydrogen (secondary N) is 1. The van der Waals surface area contributed by atoms with E-state index in [-0.39, 0.29) is 6.04 Å². The molecule has 1 N–H and O–H groups in total. The van der Waals surface area contributed by atoms with E-state index in [1.807, 2.05) is 38.2 Å². The topological polar surface area (TPSA) is 56.3 Å². The molecule has 5 nitrogen and oxygen atoms in total. The molecule has 0 aliphatic carbocycles. The van der Waals surface area contributed by atoms with Gasteiger partial charge in [0, 0.05) is 12.3 Å². The van der Waals surface area contributed by atoms with Crippen molar-refractivity contribution < 1.29 is 9.47 Å². The Kier molecular flexibility index (Phi) is 4.53. The van der Waals surface area contributed by atoms with Crippen molar-refractivity contribution in [3.63, 3.8) is 0 Å². The Morgan fingerprint density at radius 1 is 1.10 bits per heavy atom. The highest BCUT2D eigenvalue weighted by molar-refractivity contribution is 5.42. The first-order chi connectivity index (χ1) is 9.67. The van der Waals surface area contributed by atoms with Crippen LogP contribution in [0.2, 0.25) is 0 Å². The molecule has 2 aromatic rings. The molecule has 1 unspecified atom stereocenters. The van der Waals surface area contributed by atoms with Gasteiger partial charge < -0.3 is 14.8 Å². The predicted octanol–water partition coefficient (Wildman–Crippen LogP) is 2.11. The molecule has 0 radical (unpaired) electrons. The fourth-order valence-corrected chi connectivity index (χ4v) is 2.12. The quantitative estimate of drug-likeness (QED) is 0.904. The van der Waals surface area contributed by atoms with Crippen molar-refractivity contribution >= 4 is 0 Å². The molecule has 0 bridgehead atoms. The van der Waals surface area contributed by atoms with E-state index >= 15 is 0 Å². The van der Waals surface area contributed by atoms with Gasteiger partial charge in [-0.1, -0.05) is 0 Å². The standard InChI is InChI=1S/C15H19N3O2/c1-10-17-6-5-14(18-10)15(16-2)11-7-12(19-3)9-13(8-11)20-4/h5-9,15-16H,1-4H3. The average Bonchev–Trinajstić information content (AvgIpc) is 2.47. The minimum absolute atomic E-state index is 0.0410. The van der Waals surface area contributed by atoms with Gasteiger partial charge in [-0.15, -0.1) is 0 Å². The Balaban J connectivity index is 2.45. The highest BCUT2D eigenvalue weighted by atomic mass is 16.5. The molecular formula is C15H19N3O2. The first-order valence-corrected chi connectivity index (χ1v) is 6.37. The summed E-state index contributed by atoms with van der Waals surface area (Å²) in [6.07, 6.45) is 1.76. The maximum atomic E-state index is 5.31. The number of rotatable bonds is 5. The van der Waals surface area contributed by atoms with Crippen molar-refractivity contribution in [2.45, 2.75) is 13.0 Å². The van der Waals surface area contributed by atoms with Crippen molar-refractivity contribution in [3.8, 4) is 11.5 Å². The second-order valence-electron chi connectivity index (χ2n) is 4.40. The number of hydrogen-bond donors (Lipinski definition) is 1. The SMILES string of the molecule is CNC(c1cc(OC)cc(OC)c1)c1ccnc(C)n1. The minimum atomic E-state index is -0.0410. The van der Waals surface area contributed by atoms with Gasteiger partial charge in [-0.3, -0.25) is 0 Å². The monoisotopic (exact) mass is 273 g/mol. The van der Waals surface area contributed by atoms with Gasteiger partial charge in [0.2, 0.25) is 0 Å². The van der Waals surface area contributed by atoms with E-state index in [0.717, 1.165) is 28.6 Å². The normalized spacial score (nSPS) is 12.0. The van der Waals surface area contributed by atoms with Gasteiger partial charge in [-0.25, -0.2) is 9.97 Å². The lowest BCUT2D eigenvalue weighted by Crippen LogP contribution is -2.19. The lowest BCUT2D eigenvalue weighted by atomic mass is 10.0. The Morgan fingerprint density at radius 2 is 1.75 bits per heavy atom. The maximum Gasteiger partial charge on any atom is 0.125 e. The van der Waals surface area contributed by atoms with E-state index in [9.17, 15) is 0 Å². The summed E-state index contributed by atoms with van der Waals surface area (Å²) in [5, 5.41) is 3.26. The van der Waals surface area contributed by atoms with Gasteiger partial charge in [0.25, 0.3) is 0 Å². The van der Waals surface area contributed by atoms with E-state index < -0.39 is 0 Å². The van der Waals surface area contributed by atoms with E-state index in [0.29, 0.717) is 0 Å². The highest BCUT2D eigenvalue weighted by Crippen LogP contribution is 2.29. The van der Waals surface area contributed by atoms with Crippen LogP contribution in [-0.2, 0) is 0 Å². The summed E-state index contributed by atoms with van der Waals surface area (Å²) in [6, 6.07) is 7.66. The fourth-order valence-electron chi connectivity index (χ4n) is 2.12. The summed E-state index contributed by atoms with van der Waals surface area (Å²) in [5.41, 5.74) is 1.94. The molecule has 106 valence electrons. The predicted molar refractivity (Wildman–Crippen MR) is 77.2 cm³/mol. The molecule has 0 saturated carbocycles. The molecule has 0 saturated heterocycles. The Bertz CT molecular complexity index is 565. The number of aryl methyl sites for hydroxylation is 1. The third-order valence-electron chi connectivity index (χ3n) is 3.09. The van der Waals surface area contributed by atoms with E-state index in [1.165, 1.54) is 0 Å². The van der Waals surface area contributed by atoms with Crippen LogP contribution >= 0.6 is 0 Å². The Morgan fingerprint density at radius 3 is 2.25 bits per heavy atom. The van der Waals surface area contributed by atoms with E-state index in [2.05, 4.69) is 15.3 Å². The van der Waals surface area contributed by atoms with Gasteiger partial charge in [0.1, 0.15) is 17.3 Å². The van der Waals surface area contributed by atoms with Crippen LogP contribution in [0.15, 0.2) is 30.5 Å². The van der Waals surface area contributed by atoms with Gasteiger partial charge in [0.15, 0.2) is 0 Å². The number of nitrogens with zero attached hydrogens (tertiary/aromatic N) is 2. The summed E-state index contributed by atoms with van der Waals surface area (Å²) in [6.45, 7) is 1.88. The van der Waals surface area contributed by atoms with Gasteiger partial charge in [-0.05, 0) is 37.7 Å². The maximum absolute atomic E-state index is 5.31. The largest absolute Gasteiger partial charge is 0.497 e. The number of hydrogen-bond acceptors (Lipinski definition) is 5. The average molecular weight is 273 g/mol. The van der Waals surface area contributed by atoms with Crippen LogP contribution in [0.25, 0.3) is 0 Å². The molecule has 2 rings (SSSR count). The summed E-state index contributed by atoms with van der Waals surface area (Å²) in [5.74, 6) is 2.26. The molecule has 20 heavy (non-hydrogen) atoms. The van der Waals surface area contributed by atoms with Gasteiger partial charge in [-0.2, -0.15) is 0 Å². The first kappa shape index (κ1) is 14.3. The Labute approximate surface area is 119 Å². The van der Waals surface area contributed by atoms with E-state index in [4.69, 9.17) is 9.47 Å². The van der Waals surface area contributed by atoms with Crippen molar-refractivity contribution in [1.82, 2.24) is 15.3 Å². The fraction of sp³-hybridized carbons (Fsp3) is 0.333. The lowest BCUT2D eigenvalue weighted by Gasteiger charge is -2.18. The van der Waals surface area contributed by atoms with Crippen LogP contribution in [0.3, 0.4) is 0 Å². The summed E-state index contributed by atoms with van der Waals surface area (Å²) < 4.78 is 10.6. The molecule has 0 aliphatic heterocycles. The zero-order valence-corrected chi connectivity index (χ0v) is 12.2. The van der Waals surface area contributed by atoms with Gasteiger partial charge >= 0.3 is 0 Å². The van der Waals surface area contributed by atoms with Crippen LogP contribution in [0, 0.1) is 6.92 Å². The van der Waals surface area contributed by atoms with Gasteiger partial charge in [0.05, 0.1) is 26.0 Å². The zero-order chi connectivity index (χ0) is 14.5. The molecule has 5 heteroatoms. The van der Waals surface area contributed by atoms with Crippen molar-refractivity contribution in [2.75, 3.05) is 21.3 Å². The highest BCUT2D eigenvalue weighted by Gasteiger charge is 2.16. The molecule has 1 heterocycles. The second-order valence-corrected chi connectivity index (χ2v) is 4.40. The van der Waals surface area contributed by atoms with Crippen LogP contribution in [-0.4, -0.2) is 31.2 Å². The van der Waals surface area contributed by atoms with Crippen molar-refractivity contribution in [3.05, 3.63) is 47.5 Å². The first-order valence-electron chi connectivity index (χ1n) is 6.37. The second kappa shape index (κ2) is 6.34. The minimum Gasteiger partial charge on any atom is -0.497 e. The van der Waals surface area contributed by atoms with Crippen LogP contribution in [0.1, 0.15) is 23.1 Å².